The number of rotatable bonds is 4. The average Bonchev–Trinajstić information content (AvgIpc) is 2.65. The van der Waals surface area contributed by atoms with Gasteiger partial charge in [0.25, 0.3) is 0 Å². The van der Waals surface area contributed by atoms with Crippen LogP contribution in [-0.2, 0) is 4.79 Å². The maximum atomic E-state index is 10.4. The van der Waals surface area contributed by atoms with E-state index in [1.54, 1.807) is 23.1 Å². The second kappa shape index (κ2) is 4.63. The van der Waals surface area contributed by atoms with Crippen LogP contribution in [0.15, 0.2) is 28.6 Å². The number of carbonyl (C=O) groups is 1. The number of para-hydroxylation sites is 1. The van der Waals surface area contributed by atoms with Gasteiger partial charge in [-0.05, 0) is 12.1 Å². The molecule has 2 rings (SSSR count). The van der Waals surface area contributed by atoms with Gasteiger partial charge in [0.15, 0.2) is 0 Å². The number of aliphatic carboxylic acids is 1. The molecule has 1 N–H and O–H groups in total. The molecule has 0 aliphatic rings. The lowest BCUT2D eigenvalue weighted by atomic mass is 10.3. The van der Waals surface area contributed by atoms with Crippen LogP contribution >= 0.6 is 23.1 Å². The molecule has 0 aliphatic carbocycles. The Labute approximate surface area is 95.1 Å². The van der Waals surface area contributed by atoms with Crippen molar-refractivity contribution in [3.8, 4) is 0 Å². The van der Waals surface area contributed by atoms with E-state index in [9.17, 15) is 4.79 Å². The summed E-state index contributed by atoms with van der Waals surface area (Å²) in [4.78, 5) is 15.7. The van der Waals surface area contributed by atoms with Gasteiger partial charge in [-0.3, -0.25) is 4.79 Å². The molecule has 1 aromatic heterocycles. The van der Waals surface area contributed by atoms with Gasteiger partial charge in [-0.1, -0.05) is 6.07 Å². The van der Waals surface area contributed by atoms with E-state index in [1.165, 1.54) is 0 Å². The van der Waals surface area contributed by atoms with Gasteiger partial charge < -0.3 is 5.11 Å². The van der Waals surface area contributed by atoms with Crippen molar-refractivity contribution in [2.75, 3.05) is 5.75 Å². The zero-order valence-corrected chi connectivity index (χ0v) is 9.48. The molecule has 0 unspecified atom stereocenters. The number of benzene rings is 1. The molecule has 0 saturated heterocycles. The van der Waals surface area contributed by atoms with Gasteiger partial charge in [-0.25, -0.2) is 4.98 Å². The predicted octanol–water partition coefficient (Wildman–Crippen LogP) is 2.86. The van der Waals surface area contributed by atoms with Crippen LogP contribution < -0.4 is 0 Å². The van der Waals surface area contributed by atoms with Gasteiger partial charge >= 0.3 is 5.97 Å². The molecule has 1 aromatic carbocycles. The van der Waals surface area contributed by atoms with Crippen LogP contribution in [0, 0.1) is 0 Å². The van der Waals surface area contributed by atoms with E-state index in [2.05, 4.69) is 4.98 Å². The van der Waals surface area contributed by atoms with Crippen molar-refractivity contribution < 1.29 is 9.90 Å². The average molecular weight is 239 g/mol. The molecule has 0 fully saturated rings. The monoisotopic (exact) mass is 239 g/mol. The number of thioether (sulfide) groups is 1. The Morgan fingerprint density at radius 2 is 2.40 bits per heavy atom. The topological polar surface area (TPSA) is 50.2 Å². The molecule has 0 amide bonds. The van der Waals surface area contributed by atoms with E-state index < -0.39 is 5.97 Å². The number of aromatic nitrogens is 1. The third-order valence-corrected chi connectivity index (χ3v) is 3.74. The molecular formula is C10H9NO2S2. The Balaban J connectivity index is 2.13. The Hall–Kier alpha value is -1.07. The summed E-state index contributed by atoms with van der Waals surface area (Å²) < 4.78 is 1.15. The highest BCUT2D eigenvalue weighted by molar-refractivity contribution is 7.99. The predicted molar refractivity (Wildman–Crippen MR) is 62.6 cm³/mol. The fourth-order valence-electron chi connectivity index (χ4n) is 1.23. The minimum atomic E-state index is -0.757. The SMILES string of the molecule is O=C(O)CCSc1cccc2scnc12. The van der Waals surface area contributed by atoms with E-state index in [0.717, 1.165) is 15.1 Å². The second-order valence-electron chi connectivity index (χ2n) is 2.95. The highest BCUT2D eigenvalue weighted by Gasteiger charge is 2.04. The maximum Gasteiger partial charge on any atom is 0.304 e. The lowest BCUT2D eigenvalue weighted by Gasteiger charge is -2.00. The van der Waals surface area contributed by atoms with Crippen LogP contribution in [0.4, 0.5) is 0 Å². The van der Waals surface area contributed by atoms with Crippen molar-refractivity contribution in [2.24, 2.45) is 0 Å². The molecule has 0 saturated carbocycles. The lowest BCUT2D eigenvalue weighted by molar-refractivity contribution is -0.136. The largest absolute Gasteiger partial charge is 0.481 e. The first-order valence-electron chi connectivity index (χ1n) is 4.44. The van der Waals surface area contributed by atoms with Crippen molar-refractivity contribution in [1.82, 2.24) is 4.98 Å². The van der Waals surface area contributed by atoms with Crippen molar-refractivity contribution in [3.63, 3.8) is 0 Å². The fourth-order valence-corrected chi connectivity index (χ4v) is 2.96. The lowest BCUT2D eigenvalue weighted by Crippen LogP contribution is -1.95. The summed E-state index contributed by atoms with van der Waals surface area (Å²) >= 11 is 3.15. The minimum Gasteiger partial charge on any atom is -0.481 e. The van der Waals surface area contributed by atoms with E-state index >= 15 is 0 Å². The fraction of sp³-hybridized carbons (Fsp3) is 0.200. The summed E-state index contributed by atoms with van der Waals surface area (Å²) in [5, 5.41) is 8.54. The van der Waals surface area contributed by atoms with Crippen LogP contribution in [0.5, 0.6) is 0 Å². The van der Waals surface area contributed by atoms with Gasteiger partial charge in [0, 0.05) is 10.6 Å². The summed E-state index contributed by atoms with van der Waals surface area (Å²) in [6.45, 7) is 0. The van der Waals surface area contributed by atoms with Crippen LogP contribution in [0.25, 0.3) is 10.2 Å². The van der Waals surface area contributed by atoms with Gasteiger partial charge in [0.1, 0.15) is 0 Å². The Morgan fingerprint density at radius 1 is 1.53 bits per heavy atom. The quantitative estimate of drug-likeness (QED) is 0.833. The highest BCUT2D eigenvalue weighted by Crippen LogP contribution is 2.29. The van der Waals surface area contributed by atoms with Crippen molar-refractivity contribution in [2.45, 2.75) is 11.3 Å². The third kappa shape index (κ3) is 2.49. The number of carboxylic acids is 1. The van der Waals surface area contributed by atoms with E-state index in [-0.39, 0.29) is 6.42 Å². The molecule has 0 spiro atoms. The number of carboxylic acid groups (broad SMARTS) is 1. The standard InChI is InChI=1S/C10H9NO2S2/c12-9(13)4-5-14-7-2-1-3-8-10(7)11-6-15-8/h1-3,6H,4-5H2,(H,12,13). The molecule has 78 valence electrons. The molecular weight excluding hydrogens is 230 g/mol. The maximum absolute atomic E-state index is 10.4. The van der Waals surface area contributed by atoms with E-state index in [0.29, 0.717) is 5.75 Å². The van der Waals surface area contributed by atoms with Crippen molar-refractivity contribution in [3.05, 3.63) is 23.7 Å². The van der Waals surface area contributed by atoms with Gasteiger partial charge in [0.05, 0.1) is 22.1 Å². The Morgan fingerprint density at radius 3 is 3.20 bits per heavy atom. The molecule has 5 heteroatoms. The van der Waals surface area contributed by atoms with Crippen molar-refractivity contribution >= 4 is 39.3 Å². The van der Waals surface area contributed by atoms with E-state index in [4.69, 9.17) is 5.11 Å². The molecule has 2 aromatic rings. The summed E-state index contributed by atoms with van der Waals surface area (Å²) in [6, 6.07) is 5.98. The first-order chi connectivity index (χ1) is 7.27. The molecule has 1 heterocycles. The summed E-state index contributed by atoms with van der Waals surface area (Å²) in [7, 11) is 0. The number of hydrogen-bond acceptors (Lipinski definition) is 4. The number of hydrogen-bond donors (Lipinski definition) is 1. The van der Waals surface area contributed by atoms with Crippen LogP contribution in [0.2, 0.25) is 0 Å². The van der Waals surface area contributed by atoms with E-state index in [1.807, 2.05) is 23.7 Å². The molecule has 0 atom stereocenters. The smallest absolute Gasteiger partial charge is 0.304 e. The number of thiazole rings is 1. The third-order valence-electron chi connectivity index (χ3n) is 1.90. The van der Waals surface area contributed by atoms with Crippen LogP contribution in [0.1, 0.15) is 6.42 Å². The van der Waals surface area contributed by atoms with Gasteiger partial charge in [-0.15, -0.1) is 23.1 Å². The first kappa shape index (κ1) is 10.4. The zero-order valence-electron chi connectivity index (χ0n) is 7.84. The molecule has 0 radical (unpaired) electrons. The normalized spacial score (nSPS) is 10.7. The van der Waals surface area contributed by atoms with Crippen LogP contribution in [0.3, 0.4) is 0 Å². The molecule has 15 heavy (non-hydrogen) atoms. The summed E-state index contributed by atoms with van der Waals surface area (Å²) in [5.74, 6) is -0.167. The Bertz CT molecular complexity index is 481. The van der Waals surface area contributed by atoms with Gasteiger partial charge in [-0.2, -0.15) is 0 Å². The summed E-state index contributed by atoms with van der Waals surface area (Å²) in [5.41, 5.74) is 2.80. The second-order valence-corrected chi connectivity index (χ2v) is 4.97. The van der Waals surface area contributed by atoms with Crippen LogP contribution in [-0.4, -0.2) is 21.8 Å². The number of nitrogens with zero attached hydrogens (tertiary/aromatic N) is 1. The first-order valence-corrected chi connectivity index (χ1v) is 6.30. The summed E-state index contributed by atoms with van der Waals surface area (Å²) in [6.07, 6.45) is 0.186. The molecule has 3 nitrogen and oxygen atoms in total. The molecule has 0 aliphatic heterocycles. The molecule has 0 bridgehead atoms. The number of fused-ring (bicyclic) bond motifs is 1. The zero-order chi connectivity index (χ0) is 10.7. The van der Waals surface area contributed by atoms with Gasteiger partial charge in [0.2, 0.25) is 0 Å². The minimum absolute atomic E-state index is 0.186. The van der Waals surface area contributed by atoms with Crippen molar-refractivity contribution in [1.29, 1.82) is 0 Å². The Kier molecular flexibility index (Phi) is 3.23. The highest BCUT2D eigenvalue weighted by atomic mass is 32.2.